The molecule has 1 aromatic carbocycles. The van der Waals surface area contributed by atoms with Gasteiger partial charge in [0.2, 0.25) is 0 Å². The highest BCUT2D eigenvalue weighted by molar-refractivity contribution is 6.32. The van der Waals surface area contributed by atoms with Gasteiger partial charge in [-0.15, -0.1) is 0 Å². The summed E-state index contributed by atoms with van der Waals surface area (Å²) in [7, 11) is 0. The Morgan fingerprint density at radius 1 is 1.22 bits per heavy atom. The maximum atomic E-state index is 14.1. The van der Waals surface area contributed by atoms with Gasteiger partial charge in [-0.3, -0.25) is 4.79 Å². The summed E-state index contributed by atoms with van der Waals surface area (Å²) < 4.78 is 20.0. The highest BCUT2D eigenvalue weighted by Crippen LogP contribution is 2.52. The van der Waals surface area contributed by atoms with Crippen molar-refractivity contribution in [1.29, 1.82) is 0 Å². The Hall–Kier alpha value is -1.09. The highest BCUT2D eigenvalue weighted by Gasteiger charge is 2.41. The van der Waals surface area contributed by atoms with Gasteiger partial charge >= 0.3 is 0 Å². The Morgan fingerprint density at radius 2 is 1.93 bits per heavy atom. The van der Waals surface area contributed by atoms with Crippen LogP contribution in [0.2, 0.25) is 5.02 Å². The molecule has 1 aromatic rings. The number of fused-ring (bicyclic) bond motifs is 4. The molecule has 1 unspecified atom stereocenters. The van der Waals surface area contributed by atoms with Crippen LogP contribution in [0, 0.1) is 23.1 Å². The summed E-state index contributed by atoms with van der Waals surface area (Å²) in [6, 6.07) is 2.65. The number of ketones is 1. The quantitative estimate of drug-likeness (QED) is 0.343. The van der Waals surface area contributed by atoms with Gasteiger partial charge in [0.1, 0.15) is 11.6 Å². The van der Waals surface area contributed by atoms with Crippen LogP contribution in [-0.4, -0.2) is 12.4 Å². The van der Waals surface area contributed by atoms with Crippen LogP contribution in [0.5, 0.6) is 5.75 Å². The Morgan fingerprint density at radius 3 is 2.59 bits per heavy atom. The second-order valence-electron chi connectivity index (χ2n) is 8.72. The molecule has 0 N–H and O–H groups in total. The number of carbonyl (C=O) groups excluding carboxylic acids is 1. The first-order valence-electron chi connectivity index (χ1n) is 10.6. The van der Waals surface area contributed by atoms with E-state index < -0.39 is 5.82 Å². The van der Waals surface area contributed by atoms with Crippen LogP contribution < -0.4 is 4.74 Å². The lowest BCUT2D eigenvalue weighted by molar-refractivity contribution is 0.101. The maximum Gasteiger partial charge on any atom is 0.162 e. The molecule has 0 radical (unpaired) electrons. The Labute approximate surface area is 167 Å². The van der Waals surface area contributed by atoms with Gasteiger partial charge < -0.3 is 4.74 Å². The first kappa shape index (κ1) is 20.6. The molecule has 4 heteroatoms. The summed E-state index contributed by atoms with van der Waals surface area (Å²) in [5.41, 5.74) is 0.585. The van der Waals surface area contributed by atoms with E-state index >= 15 is 0 Å². The molecule has 0 amide bonds. The zero-order chi connectivity index (χ0) is 19.4. The number of Topliss-reactive ketones (excluding diaryl/α,β-unsaturated/α-hetero) is 1. The van der Waals surface area contributed by atoms with E-state index in [4.69, 9.17) is 16.3 Å². The zero-order valence-corrected chi connectivity index (χ0v) is 17.4. The minimum atomic E-state index is -0.557. The number of ether oxygens (including phenoxy) is 1. The van der Waals surface area contributed by atoms with Crippen LogP contribution in [0.15, 0.2) is 12.1 Å². The van der Waals surface area contributed by atoms with Crippen LogP contribution >= 0.6 is 11.6 Å². The lowest BCUT2D eigenvalue weighted by atomic mass is 9.68. The molecule has 27 heavy (non-hydrogen) atoms. The van der Waals surface area contributed by atoms with Crippen LogP contribution in [0.3, 0.4) is 0 Å². The topological polar surface area (TPSA) is 26.3 Å². The van der Waals surface area contributed by atoms with E-state index in [1.807, 2.05) is 0 Å². The minimum absolute atomic E-state index is 0.0227. The molecular weight excluding hydrogens is 363 g/mol. The van der Waals surface area contributed by atoms with Crippen molar-refractivity contribution in [1.82, 2.24) is 0 Å². The van der Waals surface area contributed by atoms with E-state index in [-0.39, 0.29) is 11.3 Å². The third-order valence-electron chi connectivity index (χ3n) is 6.97. The third-order valence-corrected chi connectivity index (χ3v) is 7.26. The number of rotatable bonds is 8. The minimum Gasteiger partial charge on any atom is -0.492 e. The van der Waals surface area contributed by atoms with Crippen LogP contribution in [0.4, 0.5) is 4.39 Å². The summed E-state index contributed by atoms with van der Waals surface area (Å²) in [5, 5.41) is 0.315. The lowest BCUT2D eigenvalue weighted by Gasteiger charge is -2.37. The summed E-state index contributed by atoms with van der Waals surface area (Å²) >= 11 is 6.22. The fourth-order valence-electron chi connectivity index (χ4n) is 5.15. The third kappa shape index (κ3) is 4.85. The first-order valence-corrected chi connectivity index (χ1v) is 10.9. The molecule has 0 aliphatic heterocycles. The van der Waals surface area contributed by atoms with Crippen molar-refractivity contribution in [3.05, 3.63) is 28.5 Å². The molecule has 2 bridgehead atoms. The van der Waals surface area contributed by atoms with Gasteiger partial charge in [0.15, 0.2) is 5.78 Å². The summed E-state index contributed by atoms with van der Waals surface area (Å²) in [5.74, 6) is 0.711. The predicted molar refractivity (Wildman–Crippen MR) is 108 cm³/mol. The molecule has 3 aliphatic carbocycles. The highest BCUT2D eigenvalue weighted by atomic mass is 35.5. The standard InChI is InChI=1S/C23H32ClFO2/c1-3-4-5-9-23-10-6-17(7-11-23)18(8-12-23)15-27-22-14-21(25)19(16(2)26)13-20(22)24/h13-14,17-18H,3-12,15H2,1-2H3. The molecule has 0 saturated heterocycles. The maximum absolute atomic E-state index is 14.1. The second-order valence-corrected chi connectivity index (χ2v) is 9.13. The molecule has 1 atom stereocenters. The van der Waals surface area contributed by atoms with Gasteiger partial charge in [0.25, 0.3) is 0 Å². The zero-order valence-electron chi connectivity index (χ0n) is 16.7. The van der Waals surface area contributed by atoms with Crippen molar-refractivity contribution in [2.45, 2.75) is 78.1 Å². The summed E-state index contributed by atoms with van der Waals surface area (Å²) in [6.45, 7) is 4.20. The van der Waals surface area contributed by atoms with Gasteiger partial charge in [-0.05, 0) is 75.2 Å². The van der Waals surface area contributed by atoms with Crippen LogP contribution in [-0.2, 0) is 0 Å². The van der Waals surface area contributed by atoms with Gasteiger partial charge in [-0.1, -0.05) is 37.8 Å². The van der Waals surface area contributed by atoms with Crippen LogP contribution in [0.1, 0.15) is 88.4 Å². The van der Waals surface area contributed by atoms with Crippen molar-refractivity contribution in [3.63, 3.8) is 0 Å². The average molecular weight is 395 g/mol. The monoisotopic (exact) mass is 394 g/mol. The molecule has 2 nitrogen and oxygen atoms in total. The Kier molecular flexibility index (Phi) is 6.83. The second kappa shape index (κ2) is 8.94. The Bertz CT molecular complexity index is 665. The molecule has 0 aromatic heterocycles. The summed E-state index contributed by atoms with van der Waals surface area (Å²) in [6.07, 6.45) is 13.2. The number of benzene rings is 1. The molecule has 4 rings (SSSR count). The van der Waals surface area contributed by atoms with E-state index in [9.17, 15) is 9.18 Å². The average Bonchev–Trinajstić information content (AvgIpc) is 2.92. The largest absolute Gasteiger partial charge is 0.492 e. The fourth-order valence-corrected chi connectivity index (χ4v) is 5.37. The van der Waals surface area contributed by atoms with Gasteiger partial charge in [0, 0.05) is 6.07 Å². The van der Waals surface area contributed by atoms with E-state index in [1.54, 1.807) is 0 Å². The van der Waals surface area contributed by atoms with Crippen LogP contribution in [0.25, 0.3) is 0 Å². The molecule has 0 spiro atoms. The van der Waals surface area contributed by atoms with Crippen molar-refractivity contribution < 1.29 is 13.9 Å². The molecule has 3 fully saturated rings. The van der Waals surface area contributed by atoms with E-state index in [2.05, 4.69) is 6.92 Å². The first-order chi connectivity index (χ1) is 12.9. The molecule has 150 valence electrons. The Balaban J connectivity index is 1.61. The normalized spacial score (nSPS) is 27.4. The van der Waals surface area contributed by atoms with E-state index in [1.165, 1.54) is 83.3 Å². The summed E-state index contributed by atoms with van der Waals surface area (Å²) in [4.78, 5) is 11.4. The van der Waals surface area contributed by atoms with E-state index in [0.29, 0.717) is 34.6 Å². The number of unbranched alkanes of at least 4 members (excludes halogenated alkanes) is 2. The van der Waals surface area contributed by atoms with Crippen molar-refractivity contribution >= 4 is 17.4 Å². The number of hydrogen-bond donors (Lipinski definition) is 0. The SMILES string of the molecule is CCCCCC12CCC(CC1)C(COc1cc(F)c(C(C)=O)cc1Cl)CC2. The van der Waals surface area contributed by atoms with E-state index in [0.717, 1.165) is 0 Å². The van der Waals surface area contributed by atoms with Gasteiger partial charge in [0.05, 0.1) is 17.2 Å². The number of halogens is 2. The molecule has 3 aliphatic rings. The smallest absolute Gasteiger partial charge is 0.162 e. The number of carbonyl (C=O) groups is 1. The van der Waals surface area contributed by atoms with Crippen molar-refractivity contribution in [3.8, 4) is 5.75 Å². The number of hydrogen-bond acceptors (Lipinski definition) is 2. The molecule has 3 saturated carbocycles. The molecular formula is C23H32ClFO2. The van der Waals surface area contributed by atoms with Gasteiger partial charge in [-0.2, -0.15) is 0 Å². The van der Waals surface area contributed by atoms with Gasteiger partial charge in [-0.25, -0.2) is 4.39 Å². The molecule has 0 heterocycles. The lowest BCUT2D eigenvalue weighted by Crippen LogP contribution is -2.26. The fraction of sp³-hybridized carbons (Fsp3) is 0.696. The predicted octanol–water partition coefficient (Wildman–Crippen LogP) is 7.23. The van der Waals surface area contributed by atoms with Crippen molar-refractivity contribution in [2.75, 3.05) is 6.61 Å². The van der Waals surface area contributed by atoms with Crippen molar-refractivity contribution in [2.24, 2.45) is 17.3 Å².